The summed E-state index contributed by atoms with van der Waals surface area (Å²) in [5.74, 6) is 0.330. The predicted octanol–water partition coefficient (Wildman–Crippen LogP) is 3.05. The standard InChI is InChI=1S/C24H31N5O5S/c1-17-6-8-20(9-7-17)35(31,32)29-11-10-18-14-25-22(26-21(18)29)27(5)19-15-28(12-13-33-16-19)23(30)34-24(2,3)4/h6-11,14,19H,12-13,15-16H2,1-5H3. The summed E-state index contributed by atoms with van der Waals surface area (Å²) in [5.41, 5.74) is 0.647. The lowest BCUT2D eigenvalue weighted by molar-refractivity contribution is 0.0240. The van der Waals surface area contributed by atoms with Crippen molar-refractivity contribution in [1.82, 2.24) is 18.8 Å². The number of rotatable bonds is 4. The quantitative estimate of drug-likeness (QED) is 0.537. The van der Waals surface area contributed by atoms with Crippen LogP contribution in [0.25, 0.3) is 11.0 Å². The molecule has 0 radical (unpaired) electrons. The van der Waals surface area contributed by atoms with Crippen LogP contribution in [0.1, 0.15) is 26.3 Å². The zero-order valence-corrected chi connectivity index (χ0v) is 21.4. The Morgan fingerprint density at radius 3 is 2.60 bits per heavy atom. The Morgan fingerprint density at radius 2 is 1.91 bits per heavy atom. The number of anilines is 1. The highest BCUT2D eigenvalue weighted by Crippen LogP contribution is 2.23. The van der Waals surface area contributed by atoms with E-state index in [-0.39, 0.29) is 16.6 Å². The summed E-state index contributed by atoms with van der Waals surface area (Å²) in [4.78, 5) is 25.3. The average molecular weight is 502 g/mol. The molecule has 3 heterocycles. The molecule has 1 aliphatic rings. The largest absolute Gasteiger partial charge is 0.444 e. The van der Waals surface area contributed by atoms with E-state index >= 15 is 0 Å². The molecule has 3 aromatic rings. The van der Waals surface area contributed by atoms with Gasteiger partial charge in [-0.2, -0.15) is 4.98 Å². The summed E-state index contributed by atoms with van der Waals surface area (Å²) in [5, 5.41) is 0.602. The zero-order chi connectivity index (χ0) is 25.4. The summed E-state index contributed by atoms with van der Waals surface area (Å²) in [6.07, 6.45) is 2.67. The van der Waals surface area contributed by atoms with E-state index in [2.05, 4.69) is 9.97 Å². The third-order valence-electron chi connectivity index (χ3n) is 5.72. The van der Waals surface area contributed by atoms with Crippen molar-refractivity contribution in [1.29, 1.82) is 0 Å². The number of hydrogen-bond acceptors (Lipinski definition) is 8. The number of fused-ring (bicyclic) bond motifs is 1. The van der Waals surface area contributed by atoms with E-state index in [1.54, 1.807) is 53.4 Å². The van der Waals surface area contributed by atoms with Gasteiger partial charge in [-0.1, -0.05) is 17.7 Å². The molecule has 10 nitrogen and oxygen atoms in total. The molecule has 4 rings (SSSR count). The number of amides is 1. The molecular weight excluding hydrogens is 470 g/mol. The van der Waals surface area contributed by atoms with Crippen molar-refractivity contribution in [2.24, 2.45) is 0 Å². The van der Waals surface area contributed by atoms with Gasteiger partial charge in [-0.05, 0) is 45.9 Å². The van der Waals surface area contributed by atoms with Crippen LogP contribution < -0.4 is 4.90 Å². The van der Waals surface area contributed by atoms with Gasteiger partial charge in [0.25, 0.3) is 10.0 Å². The van der Waals surface area contributed by atoms with E-state index in [1.165, 1.54) is 10.2 Å². The van der Waals surface area contributed by atoms with Crippen molar-refractivity contribution in [2.75, 3.05) is 38.3 Å². The van der Waals surface area contributed by atoms with E-state index < -0.39 is 21.7 Å². The van der Waals surface area contributed by atoms with Gasteiger partial charge < -0.3 is 19.3 Å². The first kappa shape index (κ1) is 24.9. The fourth-order valence-corrected chi connectivity index (χ4v) is 5.06. The number of aryl methyl sites for hydroxylation is 1. The summed E-state index contributed by atoms with van der Waals surface area (Å²) < 4.78 is 39.0. The van der Waals surface area contributed by atoms with Crippen molar-refractivity contribution in [2.45, 2.75) is 44.2 Å². The summed E-state index contributed by atoms with van der Waals surface area (Å²) >= 11 is 0. The van der Waals surface area contributed by atoms with Crippen molar-refractivity contribution >= 4 is 33.1 Å². The molecule has 1 amide bonds. The highest BCUT2D eigenvalue weighted by Gasteiger charge is 2.30. The molecule has 0 N–H and O–H groups in total. The SMILES string of the molecule is Cc1ccc(S(=O)(=O)n2ccc3cnc(N(C)C4COCCN(C(=O)OC(C)(C)C)C4)nc32)cc1. The maximum Gasteiger partial charge on any atom is 0.410 e. The maximum atomic E-state index is 13.3. The van der Waals surface area contributed by atoms with Crippen LogP contribution in [0.5, 0.6) is 0 Å². The number of likely N-dealkylation sites (N-methyl/N-ethyl adjacent to an activating group) is 1. The highest BCUT2D eigenvalue weighted by molar-refractivity contribution is 7.90. The van der Waals surface area contributed by atoms with E-state index in [1.807, 2.05) is 27.7 Å². The van der Waals surface area contributed by atoms with Crippen LogP contribution in [0.3, 0.4) is 0 Å². The van der Waals surface area contributed by atoms with E-state index in [4.69, 9.17) is 9.47 Å². The van der Waals surface area contributed by atoms with Gasteiger partial charge >= 0.3 is 6.09 Å². The van der Waals surface area contributed by atoms with Crippen LogP contribution in [0.4, 0.5) is 10.7 Å². The lowest BCUT2D eigenvalue weighted by Gasteiger charge is -2.31. The molecule has 0 saturated carbocycles. The number of carbonyl (C=O) groups is 1. The van der Waals surface area contributed by atoms with Crippen LogP contribution >= 0.6 is 0 Å². The summed E-state index contributed by atoms with van der Waals surface area (Å²) in [6, 6.07) is 8.10. The molecule has 0 spiro atoms. The van der Waals surface area contributed by atoms with Gasteiger partial charge in [0.1, 0.15) is 5.60 Å². The van der Waals surface area contributed by atoms with Crippen molar-refractivity contribution < 1.29 is 22.7 Å². The number of nitrogens with zero attached hydrogens (tertiary/aromatic N) is 5. The van der Waals surface area contributed by atoms with Crippen LogP contribution in [0, 0.1) is 6.92 Å². The van der Waals surface area contributed by atoms with Crippen LogP contribution in [-0.4, -0.2) is 78.3 Å². The van der Waals surface area contributed by atoms with Crippen molar-refractivity contribution in [3.63, 3.8) is 0 Å². The van der Waals surface area contributed by atoms with Crippen molar-refractivity contribution in [3.05, 3.63) is 48.3 Å². The fraction of sp³-hybridized carbons (Fsp3) is 0.458. The second-order valence-electron chi connectivity index (χ2n) is 9.64. The topological polar surface area (TPSA) is 107 Å². The Labute approximate surface area is 205 Å². The third kappa shape index (κ3) is 5.40. The van der Waals surface area contributed by atoms with Gasteiger partial charge in [0.2, 0.25) is 5.95 Å². The van der Waals surface area contributed by atoms with Crippen molar-refractivity contribution in [3.8, 4) is 0 Å². The predicted molar refractivity (Wildman–Crippen MR) is 132 cm³/mol. The van der Waals surface area contributed by atoms with Crippen LogP contribution in [-0.2, 0) is 19.5 Å². The molecule has 1 fully saturated rings. The molecule has 11 heteroatoms. The molecule has 1 aromatic carbocycles. The molecule has 0 aliphatic carbocycles. The number of hydrogen-bond donors (Lipinski definition) is 0. The smallest absolute Gasteiger partial charge is 0.410 e. The average Bonchev–Trinajstić information content (AvgIpc) is 3.06. The zero-order valence-electron chi connectivity index (χ0n) is 20.6. The van der Waals surface area contributed by atoms with Crippen LogP contribution in [0.15, 0.2) is 47.6 Å². The molecule has 1 aliphatic heterocycles. The minimum Gasteiger partial charge on any atom is -0.444 e. The third-order valence-corrected chi connectivity index (χ3v) is 7.40. The molecule has 188 valence electrons. The van der Waals surface area contributed by atoms with E-state index in [0.29, 0.717) is 37.6 Å². The number of carbonyl (C=O) groups excluding carboxylic acids is 1. The minimum absolute atomic E-state index is 0.180. The van der Waals surface area contributed by atoms with Gasteiger partial charge in [0, 0.05) is 37.9 Å². The molecule has 2 aromatic heterocycles. The molecule has 1 atom stereocenters. The fourth-order valence-electron chi connectivity index (χ4n) is 3.76. The van der Waals surface area contributed by atoms with E-state index in [0.717, 1.165) is 5.56 Å². The molecule has 1 unspecified atom stereocenters. The molecular formula is C24H31N5O5S. The second kappa shape index (κ2) is 9.46. The lowest BCUT2D eigenvalue weighted by Crippen LogP contribution is -2.47. The monoisotopic (exact) mass is 501 g/mol. The number of aromatic nitrogens is 3. The number of ether oxygens (including phenoxy) is 2. The normalized spacial score (nSPS) is 17.3. The summed E-state index contributed by atoms with van der Waals surface area (Å²) in [7, 11) is -2.03. The number of benzene rings is 1. The Bertz CT molecular complexity index is 1310. The summed E-state index contributed by atoms with van der Waals surface area (Å²) in [6.45, 7) is 8.90. The minimum atomic E-state index is -3.84. The first-order chi connectivity index (χ1) is 16.5. The van der Waals surface area contributed by atoms with Gasteiger partial charge in [-0.3, -0.25) is 0 Å². The maximum absolute atomic E-state index is 13.3. The first-order valence-corrected chi connectivity index (χ1v) is 12.8. The van der Waals surface area contributed by atoms with Gasteiger partial charge in [-0.25, -0.2) is 22.2 Å². The lowest BCUT2D eigenvalue weighted by atomic mass is 10.2. The Balaban J connectivity index is 1.62. The highest BCUT2D eigenvalue weighted by atomic mass is 32.2. The second-order valence-corrected chi connectivity index (χ2v) is 11.5. The Hall–Kier alpha value is -3.18. The van der Waals surface area contributed by atoms with Crippen LogP contribution in [0.2, 0.25) is 0 Å². The Kier molecular flexibility index (Phi) is 6.74. The first-order valence-electron chi connectivity index (χ1n) is 11.4. The van der Waals surface area contributed by atoms with Gasteiger partial charge in [-0.15, -0.1) is 0 Å². The Morgan fingerprint density at radius 1 is 1.20 bits per heavy atom. The molecule has 1 saturated heterocycles. The van der Waals surface area contributed by atoms with Gasteiger partial charge in [0.15, 0.2) is 5.65 Å². The van der Waals surface area contributed by atoms with Gasteiger partial charge in [0.05, 0.1) is 24.2 Å². The van der Waals surface area contributed by atoms with E-state index in [9.17, 15) is 13.2 Å². The molecule has 35 heavy (non-hydrogen) atoms. The molecule has 0 bridgehead atoms.